The number of hydrogen-bond donors (Lipinski definition) is 1. The molecule has 0 aliphatic carbocycles. The molecule has 0 spiro atoms. The highest BCUT2D eigenvalue weighted by atomic mass is 32.2. The Kier molecular flexibility index (Phi) is 3.48. The van der Waals surface area contributed by atoms with Crippen molar-refractivity contribution in [2.24, 2.45) is 11.7 Å². The molecule has 0 aromatic carbocycles. The van der Waals surface area contributed by atoms with E-state index >= 15 is 0 Å². The average Bonchev–Trinajstić information content (AvgIpc) is 1.99. The summed E-state index contributed by atoms with van der Waals surface area (Å²) < 4.78 is 25.2. The van der Waals surface area contributed by atoms with E-state index in [1.807, 2.05) is 6.92 Å². The summed E-state index contributed by atoms with van der Waals surface area (Å²) >= 11 is 0. The van der Waals surface area contributed by atoms with Crippen LogP contribution in [0.2, 0.25) is 0 Å². The smallest absolute Gasteiger partial charge is 0.219 e. The third-order valence-corrected chi connectivity index (χ3v) is 5.30. The molecule has 0 amide bonds. The van der Waals surface area contributed by atoms with Gasteiger partial charge in [-0.25, -0.2) is 8.42 Å². The van der Waals surface area contributed by atoms with Gasteiger partial charge in [-0.2, -0.15) is 4.31 Å². The topological polar surface area (TPSA) is 63.4 Å². The van der Waals surface area contributed by atoms with E-state index in [1.54, 1.807) is 25.1 Å². The summed E-state index contributed by atoms with van der Waals surface area (Å²) in [7, 11) is -3.21. The summed E-state index contributed by atoms with van der Waals surface area (Å²) in [5.41, 5.74) is 5.85. The summed E-state index contributed by atoms with van der Waals surface area (Å²) in [5, 5.41) is 0. The van der Waals surface area contributed by atoms with Gasteiger partial charge in [0.2, 0.25) is 10.0 Å². The third-order valence-electron chi connectivity index (χ3n) is 2.77. The zero-order chi connectivity index (χ0) is 11.9. The Morgan fingerprint density at radius 1 is 1.27 bits per heavy atom. The van der Waals surface area contributed by atoms with Crippen LogP contribution in [0.5, 0.6) is 0 Å². The van der Waals surface area contributed by atoms with E-state index in [4.69, 9.17) is 5.73 Å². The van der Waals surface area contributed by atoms with Crippen molar-refractivity contribution in [3.8, 4) is 0 Å². The van der Waals surface area contributed by atoms with Gasteiger partial charge in [-0.1, -0.05) is 6.92 Å². The van der Waals surface area contributed by atoms with E-state index in [-0.39, 0.29) is 6.04 Å². The summed E-state index contributed by atoms with van der Waals surface area (Å²) in [6, 6.07) is -0.0223. The van der Waals surface area contributed by atoms with Crippen LogP contribution in [0.25, 0.3) is 0 Å². The second kappa shape index (κ2) is 4.03. The van der Waals surface area contributed by atoms with Crippen LogP contribution in [0.4, 0.5) is 0 Å². The number of sulfonamides is 1. The first-order valence-corrected chi connectivity index (χ1v) is 6.84. The fourth-order valence-electron chi connectivity index (χ4n) is 1.93. The highest BCUT2D eigenvalue weighted by molar-refractivity contribution is 7.90. The van der Waals surface area contributed by atoms with Crippen molar-refractivity contribution >= 4 is 10.0 Å². The Bertz CT molecular complexity index is 309. The zero-order valence-electron chi connectivity index (χ0n) is 10.0. The molecule has 0 saturated carbocycles. The van der Waals surface area contributed by atoms with Crippen LogP contribution < -0.4 is 5.73 Å². The molecule has 1 saturated heterocycles. The first-order chi connectivity index (χ1) is 6.64. The summed E-state index contributed by atoms with van der Waals surface area (Å²) in [5.74, 6) is 0.353. The Balaban J connectivity index is 2.89. The maximum Gasteiger partial charge on any atom is 0.219 e. The van der Waals surface area contributed by atoms with Crippen molar-refractivity contribution in [1.29, 1.82) is 0 Å². The zero-order valence-corrected chi connectivity index (χ0v) is 10.8. The van der Waals surface area contributed by atoms with E-state index in [0.717, 1.165) is 6.42 Å². The minimum atomic E-state index is -3.21. The van der Waals surface area contributed by atoms with Crippen LogP contribution in [-0.2, 0) is 10.0 Å². The van der Waals surface area contributed by atoms with E-state index in [0.29, 0.717) is 19.0 Å². The predicted molar refractivity (Wildman–Crippen MR) is 62.0 cm³/mol. The fraction of sp³-hybridized carbons (Fsp3) is 1.00. The van der Waals surface area contributed by atoms with Gasteiger partial charge in [0.1, 0.15) is 0 Å². The Morgan fingerprint density at radius 3 is 2.20 bits per heavy atom. The SMILES string of the molecule is CC1CC(N)CN(S(=O)(=O)C(C)(C)C)C1. The molecular weight excluding hydrogens is 212 g/mol. The molecule has 15 heavy (non-hydrogen) atoms. The maximum atomic E-state index is 12.2. The molecule has 90 valence electrons. The molecule has 5 heteroatoms. The number of nitrogens with zero attached hydrogens (tertiary/aromatic N) is 1. The largest absolute Gasteiger partial charge is 0.326 e. The van der Waals surface area contributed by atoms with Gasteiger partial charge >= 0.3 is 0 Å². The van der Waals surface area contributed by atoms with E-state index < -0.39 is 14.8 Å². The Morgan fingerprint density at radius 2 is 1.80 bits per heavy atom. The average molecular weight is 234 g/mol. The molecule has 2 unspecified atom stereocenters. The van der Waals surface area contributed by atoms with Gasteiger partial charge in [0, 0.05) is 19.1 Å². The van der Waals surface area contributed by atoms with Crippen molar-refractivity contribution in [2.75, 3.05) is 13.1 Å². The molecule has 1 fully saturated rings. The summed E-state index contributed by atoms with van der Waals surface area (Å²) in [6.07, 6.45) is 0.913. The molecule has 4 nitrogen and oxygen atoms in total. The lowest BCUT2D eigenvalue weighted by atomic mass is 9.99. The maximum absolute atomic E-state index is 12.2. The Hall–Kier alpha value is -0.130. The molecule has 0 aromatic heterocycles. The van der Waals surface area contributed by atoms with Gasteiger partial charge in [0.25, 0.3) is 0 Å². The van der Waals surface area contributed by atoms with Crippen molar-refractivity contribution in [1.82, 2.24) is 4.31 Å². The second-order valence-electron chi connectivity index (χ2n) is 5.54. The molecule has 1 aliphatic rings. The van der Waals surface area contributed by atoms with Gasteiger partial charge in [-0.05, 0) is 33.1 Å². The van der Waals surface area contributed by atoms with Crippen molar-refractivity contribution in [3.63, 3.8) is 0 Å². The van der Waals surface area contributed by atoms with E-state index in [9.17, 15) is 8.42 Å². The molecular formula is C10H22N2O2S. The lowest BCUT2D eigenvalue weighted by Crippen LogP contribution is -2.53. The van der Waals surface area contributed by atoms with Crippen LogP contribution in [0, 0.1) is 5.92 Å². The minimum Gasteiger partial charge on any atom is -0.326 e. The normalized spacial score (nSPS) is 30.5. The highest BCUT2D eigenvalue weighted by Gasteiger charge is 2.38. The molecule has 0 bridgehead atoms. The highest BCUT2D eigenvalue weighted by Crippen LogP contribution is 2.25. The van der Waals surface area contributed by atoms with E-state index in [1.165, 1.54) is 0 Å². The summed E-state index contributed by atoms with van der Waals surface area (Å²) in [6.45, 7) is 8.30. The molecule has 2 atom stereocenters. The standard InChI is InChI=1S/C10H22N2O2S/c1-8-5-9(11)7-12(6-8)15(13,14)10(2,3)4/h8-9H,5-7,11H2,1-4H3. The van der Waals surface area contributed by atoms with E-state index in [2.05, 4.69) is 0 Å². The van der Waals surface area contributed by atoms with Gasteiger partial charge < -0.3 is 5.73 Å². The molecule has 0 radical (unpaired) electrons. The summed E-state index contributed by atoms with van der Waals surface area (Å²) in [4.78, 5) is 0. The van der Waals surface area contributed by atoms with Crippen molar-refractivity contribution in [3.05, 3.63) is 0 Å². The van der Waals surface area contributed by atoms with Crippen LogP contribution in [0.1, 0.15) is 34.1 Å². The van der Waals surface area contributed by atoms with Crippen LogP contribution in [0.3, 0.4) is 0 Å². The molecule has 0 aromatic rings. The number of hydrogen-bond acceptors (Lipinski definition) is 3. The third kappa shape index (κ3) is 2.71. The quantitative estimate of drug-likeness (QED) is 0.729. The fourth-order valence-corrected chi connectivity index (χ4v) is 3.55. The number of piperidine rings is 1. The van der Waals surface area contributed by atoms with Gasteiger partial charge in [-0.15, -0.1) is 0 Å². The first-order valence-electron chi connectivity index (χ1n) is 5.40. The van der Waals surface area contributed by atoms with Crippen molar-refractivity contribution < 1.29 is 8.42 Å². The predicted octanol–water partition coefficient (Wildman–Crippen LogP) is 0.784. The second-order valence-corrected chi connectivity index (χ2v) is 8.23. The molecule has 2 N–H and O–H groups in total. The van der Waals surface area contributed by atoms with Gasteiger partial charge in [0.05, 0.1) is 4.75 Å². The minimum absolute atomic E-state index is 0.0223. The van der Waals surface area contributed by atoms with Gasteiger partial charge in [-0.3, -0.25) is 0 Å². The monoisotopic (exact) mass is 234 g/mol. The number of nitrogens with two attached hydrogens (primary N) is 1. The van der Waals surface area contributed by atoms with Gasteiger partial charge in [0.15, 0.2) is 0 Å². The van der Waals surface area contributed by atoms with Crippen molar-refractivity contribution in [2.45, 2.75) is 44.9 Å². The molecule has 1 aliphatic heterocycles. The first kappa shape index (κ1) is 12.9. The van der Waals surface area contributed by atoms with Crippen LogP contribution in [-0.4, -0.2) is 36.6 Å². The molecule has 1 heterocycles. The lowest BCUT2D eigenvalue weighted by Gasteiger charge is -2.37. The Labute approximate surface area is 92.9 Å². The van der Waals surface area contributed by atoms with Crippen LogP contribution >= 0.6 is 0 Å². The molecule has 1 rings (SSSR count). The lowest BCUT2D eigenvalue weighted by molar-refractivity contribution is 0.250. The number of rotatable bonds is 1. The van der Waals surface area contributed by atoms with Crippen LogP contribution in [0.15, 0.2) is 0 Å².